The van der Waals surface area contributed by atoms with Crippen LogP contribution in [0.1, 0.15) is 15.9 Å². The summed E-state index contributed by atoms with van der Waals surface area (Å²) in [6.45, 7) is 1.96. The molecule has 1 unspecified atom stereocenters. The lowest BCUT2D eigenvalue weighted by Crippen LogP contribution is -2.08. The van der Waals surface area contributed by atoms with Crippen molar-refractivity contribution in [2.45, 2.75) is 6.92 Å². The summed E-state index contributed by atoms with van der Waals surface area (Å²) >= 11 is 0. The molecule has 5 nitrogen and oxygen atoms in total. The summed E-state index contributed by atoms with van der Waals surface area (Å²) in [4.78, 5) is 12.9. The summed E-state index contributed by atoms with van der Waals surface area (Å²) in [5.74, 6) is 2.22. The van der Waals surface area contributed by atoms with Crippen LogP contribution in [-0.2, 0) is 0 Å². The van der Waals surface area contributed by atoms with Crippen molar-refractivity contribution in [2.75, 3.05) is 28.4 Å². The van der Waals surface area contributed by atoms with Crippen LogP contribution in [-0.4, -0.2) is 34.0 Å². The molecule has 0 heterocycles. The Bertz CT molecular complexity index is 717. The highest BCUT2D eigenvalue weighted by Crippen LogP contribution is 2.38. The molecule has 0 fully saturated rings. The van der Waals surface area contributed by atoms with Crippen LogP contribution in [0.2, 0.25) is 0 Å². The molecule has 0 bridgehead atoms. The van der Waals surface area contributed by atoms with Gasteiger partial charge in [-0.25, -0.2) is 0 Å². The fourth-order valence-electron chi connectivity index (χ4n) is 2.32. The molecule has 0 radical (unpaired) electrons. The van der Waals surface area contributed by atoms with Gasteiger partial charge in [-0.2, -0.15) is 0 Å². The lowest BCUT2D eigenvalue weighted by molar-refractivity contribution is 0.108. The van der Waals surface area contributed by atoms with Gasteiger partial charge in [0.25, 0.3) is 0 Å². The van der Waals surface area contributed by atoms with E-state index in [4.69, 9.17) is 18.9 Å². The Kier molecular flexibility index (Phi) is 6.04. The Morgan fingerprint density at radius 2 is 1.42 bits per heavy atom. The molecule has 2 aromatic carbocycles. The first-order valence-corrected chi connectivity index (χ1v) is 8.30. The molecule has 2 aromatic rings. The number of rotatable bonds is 7. The van der Waals surface area contributed by atoms with E-state index in [2.05, 4.69) is 0 Å². The second-order valence-corrected chi connectivity index (χ2v) is 6.28. The summed E-state index contributed by atoms with van der Waals surface area (Å²) in [5, 5.41) is 0.959. The molecule has 0 saturated heterocycles. The Balaban J connectivity index is 2.39. The van der Waals surface area contributed by atoms with E-state index in [1.807, 2.05) is 25.1 Å². The monoisotopic (exact) mass is 348 g/mol. The van der Waals surface area contributed by atoms with Crippen LogP contribution in [0.4, 0.5) is 0 Å². The van der Waals surface area contributed by atoms with Crippen LogP contribution in [0.25, 0.3) is 0 Å². The molecule has 24 heavy (non-hydrogen) atoms. The third kappa shape index (κ3) is 3.80. The van der Waals surface area contributed by atoms with E-state index in [0.717, 1.165) is 16.6 Å². The Morgan fingerprint density at radius 3 is 1.88 bits per heavy atom. The Labute approximate surface area is 143 Å². The number of hydrogen-bond donors (Lipinski definition) is 0. The normalized spacial score (nSPS) is 10.7. The van der Waals surface area contributed by atoms with Gasteiger partial charge in [-0.15, -0.1) is 0 Å². The summed E-state index contributed by atoms with van der Waals surface area (Å²) < 4.78 is 21.1. The molecule has 0 aliphatic heterocycles. The van der Waals surface area contributed by atoms with Crippen LogP contribution >= 0.6 is 8.58 Å². The SMILES string of the molecule is COc1ccc(PC(=O)c2c(OC)cc(OC)cc2OC)c(C)c1. The minimum atomic E-state index is -0.0559. The molecule has 128 valence electrons. The molecule has 1 atom stereocenters. The number of methoxy groups -OCH3 is 4. The highest BCUT2D eigenvalue weighted by Gasteiger charge is 2.21. The molecule has 0 N–H and O–H groups in total. The Morgan fingerprint density at radius 1 is 0.833 bits per heavy atom. The van der Waals surface area contributed by atoms with E-state index in [0.29, 0.717) is 22.8 Å². The third-order valence-electron chi connectivity index (χ3n) is 3.62. The number of benzene rings is 2. The van der Waals surface area contributed by atoms with Gasteiger partial charge in [-0.1, -0.05) is 6.07 Å². The van der Waals surface area contributed by atoms with Crippen molar-refractivity contribution >= 4 is 19.4 Å². The van der Waals surface area contributed by atoms with Crippen LogP contribution in [0.5, 0.6) is 23.0 Å². The highest BCUT2D eigenvalue weighted by molar-refractivity contribution is 7.66. The molecular formula is C18H21O5P. The molecule has 6 heteroatoms. The second-order valence-electron chi connectivity index (χ2n) is 5.04. The maximum atomic E-state index is 12.9. The quantitative estimate of drug-likeness (QED) is 0.720. The molecule has 0 spiro atoms. The molecule has 0 aromatic heterocycles. The van der Waals surface area contributed by atoms with Crippen molar-refractivity contribution in [2.24, 2.45) is 0 Å². The van der Waals surface area contributed by atoms with Crippen molar-refractivity contribution < 1.29 is 23.7 Å². The standard InChI is InChI=1S/C18H21O5P/c1-11-8-12(20-2)6-7-16(11)24-18(19)17-14(22-4)9-13(21-3)10-15(17)23-5/h6-10,24H,1-5H3. The first-order chi connectivity index (χ1) is 11.5. The fourth-order valence-corrected chi connectivity index (χ4v) is 3.37. The van der Waals surface area contributed by atoms with Crippen LogP contribution in [0, 0.1) is 6.92 Å². The van der Waals surface area contributed by atoms with E-state index in [1.54, 1.807) is 26.4 Å². The van der Waals surface area contributed by atoms with Crippen LogP contribution in [0.3, 0.4) is 0 Å². The first kappa shape index (κ1) is 18.1. The molecule has 0 aliphatic carbocycles. The zero-order chi connectivity index (χ0) is 17.7. The summed E-state index contributed by atoms with van der Waals surface area (Å²) in [7, 11) is 6.17. The predicted octanol–water partition coefficient (Wildman–Crippen LogP) is 3.17. The zero-order valence-electron chi connectivity index (χ0n) is 14.4. The highest BCUT2D eigenvalue weighted by atomic mass is 31.1. The van der Waals surface area contributed by atoms with E-state index in [9.17, 15) is 4.79 Å². The maximum Gasteiger partial charge on any atom is 0.193 e. The van der Waals surface area contributed by atoms with Crippen molar-refractivity contribution in [3.8, 4) is 23.0 Å². The van der Waals surface area contributed by atoms with Gasteiger partial charge in [-0.3, -0.25) is 4.79 Å². The van der Waals surface area contributed by atoms with Gasteiger partial charge in [0.2, 0.25) is 0 Å². The van der Waals surface area contributed by atoms with Gasteiger partial charge in [0.15, 0.2) is 5.52 Å². The number of carbonyl (C=O) groups excluding carboxylic acids is 1. The van der Waals surface area contributed by atoms with E-state index < -0.39 is 0 Å². The van der Waals surface area contributed by atoms with E-state index in [1.165, 1.54) is 14.2 Å². The fraction of sp³-hybridized carbons (Fsp3) is 0.278. The summed E-state index contributed by atoms with van der Waals surface area (Å²) in [5.41, 5.74) is 1.38. The van der Waals surface area contributed by atoms with E-state index >= 15 is 0 Å². The van der Waals surface area contributed by atoms with Gasteiger partial charge in [0, 0.05) is 12.1 Å². The van der Waals surface area contributed by atoms with Crippen molar-refractivity contribution in [1.29, 1.82) is 0 Å². The van der Waals surface area contributed by atoms with Gasteiger partial charge >= 0.3 is 0 Å². The van der Waals surface area contributed by atoms with Crippen LogP contribution in [0.15, 0.2) is 30.3 Å². The number of hydrogen-bond acceptors (Lipinski definition) is 5. The van der Waals surface area contributed by atoms with Crippen molar-refractivity contribution in [3.05, 3.63) is 41.5 Å². The minimum absolute atomic E-state index is 0.0467. The van der Waals surface area contributed by atoms with Gasteiger partial charge < -0.3 is 18.9 Å². The lowest BCUT2D eigenvalue weighted by atomic mass is 10.2. The Hall–Kier alpha value is -2.26. The number of ether oxygens (including phenoxy) is 4. The molecule has 0 amide bonds. The van der Waals surface area contributed by atoms with Crippen molar-refractivity contribution in [1.82, 2.24) is 0 Å². The number of aryl methyl sites for hydroxylation is 1. The minimum Gasteiger partial charge on any atom is -0.497 e. The smallest absolute Gasteiger partial charge is 0.193 e. The molecule has 2 rings (SSSR count). The predicted molar refractivity (Wildman–Crippen MR) is 96.1 cm³/mol. The third-order valence-corrected chi connectivity index (χ3v) is 4.93. The average Bonchev–Trinajstić information content (AvgIpc) is 2.61. The number of carbonyl (C=O) groups is 1. The maximum absolute atomic E-state index is 12.9. The molecule has 0 saturated carbocycles. The van der Waals surface area contributed by atoms with Crippen LogP contribution < -0.4 is 24.3 Å². The van der Waals surface area contributed by atoms with Gasteiger partial charge in [-0.05, 0) is 38.5 Å². The summed E-state index contributed by atoms with van der Waals surface area (Å²) in [6.07, 6.45) is 0. The molecule has 0 aliphatic rings. The summed E-state index contributed by atoms with van der Waals surface area (Å²) in [6, 6.07) is 9.04. The first-order valence-electron chi connectivity index (χ1n) is 7.30. The van der Waals surface area contributed by atoms with E-state index in [-0.39, 0.29) is 14.1 Å². The second kappa shape index (κ2) is 8.02. The van der Waals surface area contributed by atoms with Gasteiger partial charge in [0.05, 0.1) is 28.4 Å². The topological polar surface area (TPSA) is 54.0 Å². The molecular weight excluding hydrogens is 327 g/mol. The average molecular weight is 348 g/mol. The van der Waals surface area contributed by atoms with Crippen molar-refractivity contribution in [3.63, 3.8) is 0 Å². The largest absolute Gasteiger partial charge is 0.497 e. The van der Waals surface area contributed by atoms with Gasteiger partial charge in [0.1, 0.15) is 28.6 Å². The lowest BCUT2D eigenvalue weighted by Gasteiger charge is -2.15. The zero-order valence-corrected chi connectivity index (χ0v) is 15.4.